The van der Waals surface area contributed by atoms with Crippen molar-refractivity contribution >= 4 is 28.2 Å². The summed E-state index contributed by atoms with van der Waals surface area (Å²) >= 11 is 0. The Kier molecular flexibility index (Phi) is 5.33. The molecule has 12 heteroatoms. The highest BCUT2D eigenvalue weighted by Crippen LogP contribution is 2.41. The van der Waals surface area contributed by atoms with Gasteiger partial charge in [-0.25, -0.2) is 4.98 Å². The molecule has 3 aromatic rings. The van der Waals surface area contributed by atoms with Gasteiger partial charge in [0.05, 0.1) is 23.2 Å². The number of hydrogen-bond donors (Lipinski definition) is 0. The molecule has 0 atom stereocenters. The number of aryl methyl sites for hydroxylation is 1. The summed E-state index contributed by atoms with van der Waals surface area (Å²) in [5.74, 6) is 0.539. The molecule has 1 amide bonds. The van der Waals surface area contributed by atoms with E-state index in [9.17, 15) is 31.1 Å². The molecule has 0 bridgehead atoms. The molecule has 2 aliphatic heterocycles. The van der Waals surface area contributed by atoms with Crippen molar-refractivity contribution in [2.24, 2.45) is 5.10 Å². The number of aromatic nitrogens is 1. The van der Waals surface area contributed by atoms with E-state index in [1.807, 2.05) is 6.07 Å². The number of halogens is 6. The molecule has 5 rings (SSSR count). The Morgan fingerprint density at radius 3 is 2.43 bits per heavy atom. The van der Waals surface area contributed by atoms with E-state index in [2.05, 4.69) is 10.1 Å². The number of hydrazone groups is 1. The minimum atomic E-state index is -5.03. The first-order valence-corrected chi connectivity index (χ1v) is 10.4. The van der Waals surface area contributed by atoms with Crippen LogP contribution in [0.15, 0.2) is 47.6 Å². The Labute approximate surface area is 193 Å². The largest absolute Gasteiger partial charge is 0.454 e. The van der Waals surface area contributed by atoms with Crippen molar-refractivity contribution in [1.29, 1.82) is 0 Å². The molecule has 2 aromatic carbocycles. The summed E-state index contributed by atoms with van der Waals surface area (Å²) in [6.45, 7) is 0.116. The molecule has 6 nitrogen and oxygen atoms in total. The first-order valence-electron chi connectivity index (χ1n) is 10.4. The number of nitrogens with zero attached hydrogens (tertiary/aromatic N) is 3. The average molecular weight is 495 g/mol. The molecular formula is C23H15F6N3O3. The van der Waals surface area contributed by atoms with Gasteiger partial charge in [0.2, 0.25) is 6.79 Å². The number of rotatable bonds is 4. The molecule has 182 valence electrons. The van der Waals surface area contributed by atoms with Crippen LogP contribution in [0.5, 0.6) is 11.5 Å². The lowest BCUT2D eigenvalue weighted by atomic mass is 10.0. The molecular weight excluding hydrogens is 480 g/mol. The number of carbonyl (C=O) groups is 1. The van der Waals surface area contributed by atoms with E-state index >= 15 is 0 Å². The van der Waals surface area contributed by atoms with Gasteiger partial charge in [-0.15, -0.1) is 0 Å². The van der Waals surface area contributed by atoms with Crippen molar-refractivity contribution in [3.05, 3.63) is 59.3 Å². The number of amides is 1. The summed E-state index contributed by atoms with van der Waals surface area (Å²) < 4.78 is 91.5. The Bertz CT molecular complexity index is 1370. The first kappa shape index (κ1) is 22.9. The zero-order valence-electron chi connectivity index (χ0n) is 17.7. The number of benzene rings is 2. The van der Waals surface area contributed by atoms with E-state index in [1.54, 1.807) is 12.1 Å². The third-order valence-electron chi connectivity index (χ3n) is 5.61. The minimum Gasteiger partial charge on any atom is -0.454 e. The van der Waals surface area contributed by atoms with Crippen LogP contribution in [0.4, 0.5) is 32.0 Å². The van der Waals surface area contributed by atoms with Crippen molar-refractivity contribution in [3.8, 4) is 11.5 Å². The lowest BCUT2D eigenvalue weighted by Gasteiger charge is -2.19. The van der Waals surface area contributed by atoms with Gasteiger partial charge in [-0.05, 0) is 42.7 Å². The van der Waals surface area contributed by atoms with Gasteiger partial charge < -0.3 is 9.47 Å². The third kappa shape index (κ3) is 4.35. The Balaban J connectivity index is 1.50. The summed E-state index contributed by atoms with van der Waals surface area (Å²) in [6.07, 6.45) is -9.38. The summed E-state index contributed by atoms with van der Waals surface area (Å²) in [4.78, 5) is 15.9. The van der Waals surface area contributed by atoms with Crippen LogP contribution >= 0.6 is 0 Å². The molecule has 0 saturated heterocycles. The van der Waals surface area contributed by atoms with Crippen molar-refractivity contribution in [2.45, 2.75) is 31.6 Å². The van der Waals surface area contributed by atoms with Crippen LogP contribution in [0.3, 0.4) is 0 Å². The number of fused-ring (bicyclic) bond motifs is 2. The van der Waals surface area contributed by atoms with Crippen molar-refractivity contribution in [2.75, 3.05) is 11.8 Å². The smallest absolute Gasteiger partial charge is 0.433 e. The summed E-state index contributed by atoms with van der Waals surface area (Å²) in [7, 11) is 0. The van der Waals surface area contributed by atoms with E-state index < -0.39 is 40.7 Å². The zero-order chi connectivity index (χ0) is 25.0. The van der Waals surface area contributed by atoms with E-state index in [4.69, 9.17) is 9.47 Å². The molecule has 35 heavy (non-hydrogen) atoms. The van der Waals surface area contributed by atoms with Crippen LogP contribution in [0.1, 0.15) is 29.7 Å². The van der Waals surface area contributed by atoms with Gasteiger partial charge in [0, 0.05) is 11.1 Å². The van der Waals surface area contributed by atoms with E-state index in [1.165, 1.54) is 6.07 Å². The fourth-order valence-corrected chi connectivity index (χ4v) is 3.97. The molecule has 3 heterocycles. The van der Waals surface area contributed by atoms with Crippen LogP contribution in [0.25, 0.3) is 10.9 Å². The van der Waals surface area contributed by atoms with Gasteiger partial charge in [0.25, 0.3) is 5.91 Å². The van der Waals surface area contributed by atoms with Gasteiger partial charge in [-0.3, -0.25) is 4.79 Å². The van der Waals surface area contributed by atoms with Crippen molar-refractivity contribution < 1.29 is 40.6 Å². The molecule has 0 radical (unpaired) electrons. The maximum Gasteiger partial charge on any atom is 0.433 e. The normalized spacial score (nSPS) is 15.8. The van der Waals surface area contributed by atoms with Gasteiger partial charge in [-0.2, -0.15) is 36.5 Å². The van der Waals surface area contributed by atoms with Crippen LogP contribution in [0, 0.1) is 0 Å². The first-order chi connectivity index (χ1) is 16.5. The SMILES string of the molecule is O=C1CC(CCc2ccc3c(c2)OCO3)=NN1c1cc(C(F)(F)F)nc2c(C(F)(F)F)cccc12. The zero-order valence-corrected chi connectivity index (χ0v) is 17.7. The Hall–Kier alpha value is -3.83. The number of para-hydroxylation sites is 1. The van der Waals surface area contributed by atoms with E-state index in [0.717, 1.165) is 16.6 Å². The number of carbonyl (C=O) groups excluding carboxylic acids is 1. The molecule has 1 aromatic heterocycles. The lowest BCUT2D eigenvalue weighted by Crippen LogP contribution is -2.22. The summed E-state index contributed by atoms with van der Waals surface area (Å²) in [5, 5.41) is 4.63. The molecule has 0 aliphatic carbocycles. The Morgan fingerprint density at radius 1 is 0.914 bits per heavy atom. The second kappa shape index (κ2) is 8.14. The molecule has 2 aliphatic rings. The summed E-state index contributed by atoms with van der Waals surface area (Å²) in [6, 6.07) is 8.76. The van der Waals surface area contributed by atoms with Crippen molar-refractivity contribution in [1.82, 2.24) is 4.98 Å². The van der Waals surface area contributed by atoms with Crippen LogP contribution in [-0.4, -0.2) is 23.4 Å². The average Bonchev–Trinajstić information content (AvgIpc) is 3.41. The second-order valence-corrected chi connectivity index (χ2v) is 7.96. The number of anilines is 1. The maximum atomic E-state index is 13.5. The minimum absolute atomic E-state index is 0.116. The van der Waals surface area contributed by atoms with E-state index in [0.29, 0.717) is 42.2 Å². The van der Waals surface area contributed by atoms with Gasteiger partial charge in [0.15, 0.2) is 11.5 Å². The predicted octanol–water partition coefficient (Wildman–Crippen LogP) is 5.73. The quantitative estimate of drug-likeness (QED) is 0.434. The predicted molar refractivity (Wildman–Crippen MR) is 112 cm³/mol. The third-order valence-corrected chi connectivity index (χ3v) is 5.61. The standard InChI is InChI=1S/C23H15F6N3O3/c24-22(25,26)15-3-1-2-14-16(10-19(23(27,28)29)30-21(14)15)32-20(33)9-13(31-32)6-4-12-5-7-17-18(8-12)35-11-34-17/h1-3,5,7-8,10H,4,6,9,11H2. The van der Waals surface area contributed by atoms with Gasteiger partial charge in [-0.1, -0.05) is 18.2 Å². The molecule has 0 N–H and O–H groups in total. The fraction of sp³-hybridized carbons (Fsp3) is 0.261. The van der Waals surface area contributed by atoms with E-state index in [-0.39, 0.29) is 18.6 Å². The highest BCUT2D eigenvalue weighted by molar-refractivity contribution is 6.15. The molecule has 0 saturated carbocycles. The number of pyridine rings is 1. The van der Waals surface area contributed by atoms with Crippen LogP contribution in [-0.2, 0) is 23.6 Å². The van der Waals surface area contributed by atoms with Crippen LogP contribution < -0.4 is 14.5 Å². The number of hydrogen-bond acceptors (Lipinski definition) is 5. The highest BCUT2D eigenvalue weighted by Gasteiger charge is 2.39. The maximum absolute atomic E-state index is 13.5. The molecule has 0 fully saturated rings. The fourth-order valence-electron chi connectivity index (χ4n) is 3.97. The van der Waals surface area contributed by atoms with Gasteiger partial charge >= 0.3 is 12.4 Å². The number of alkyl halides is 6. The number of ether oxygens (including phenoxy) is 2. The van der Waals surface area contributed by atoms with Crippen LogP contribution in [0.2, 0.25) is 0 Å². The summed E-state index contributed by atoms with van der Waals surface area (Å²) in [5.41, 5.74) is -2.93. The highest BCUT2D eigenvalue weighted by atomic mass is 19.4. The molecule has 0 spiro atoms. The Morgan fingerprint density at radius 2 is 1.69 bits per heavy atom. The molecule has 0 unspecified atom stereocenters. The lowest BCUT2D eigenvalue weighted by molar-refractivity contribution is -0.142. The second-order valence-electron chi connectivity index (χ2n) is 7.96. The van der Waals surface area contributed by atoms with Crippen molar-refractivity contribution in [3.63, 3.8) is 0 Å². The monoisotopic (exact) mass is 495 g/mol. The van der Waals surface area contributed by atoms with Gasteiger partial charge in [0.1, 0.15) is 5.69 Å². The topological polar surface area (TPSA) is 64.0 Å².